The van der Waals surface area contributed by atoms with E-state index >= 15 is 0 Å². The van der Waals surface area contributed by atoms with Gasteiger partial charge in [0.1, 0.15) is 0 Å². The van der Waals surface area contributed by atoms with Crippen molar-refractivity contribution in [2.24, 2.45) is 7.05 Å². The van der Waals surface area contributed by atoms with Gasteiger partial charge in [-0.1, -0.05) is 56.8 Å². The quantitative estimate of drug-likeness (QED) is 0.617. The summed E-state index contributed by atoms with van der Waals surface area (Å²) in [5.74, 6) is 0.817. The predicted octanol–water partition coefficient (Wildman–Crippen LogP) is 3.53. The molecule has 0 unspecified atom stereocenters. The minimum absolute atomic E-state index is 0.0861. The summed E-state index contributed by atoms with van der Waals surface area (Å²) in [6.45, 7) is 7.19. The first-order valence-electron chi connectivity index (χ1n) is 9.42. The molecule has 8 heteroatoms. The van der Waals surface area contributed by atoms with Crippen LogP contribution in [0.4, 0.5) is 0 Å². The van der Waals surface area contributed by atoms with Gasteiger partial charge in [-0.3, -0.25) is 4.79 Å². The zero-order valence-corrected chi connectivity index (χ0v) is 18.2. The summed E-state index contributed by atoms with van der Waals surface area (Å²) in [7, 11) is 1.88. The Morgan fingerprint density at radius 1 is 1.10 bits per heavy atom. The van der Waals surface area contributed by atoms with Crippen LogP contribution in [0.2, 0.25) is 0 Å². The first kappa shape index (κ1) is 22.4. The third kappa shape index (κ3) is 6.07. The number of amides is 1. The van der Waals surface area contributed by atoms with Gasteiger partial charge in [0.25, 0.3) is 0 Å². The predicted molar refractivity (Wildman–Crippen MR) is 113 cm³/mol. The van der Waals surface area contributed by atoms with Crippen LogP contribution in [0.25, 0.3) is 11.4 Å². The van der Waals surface area contributed by atoms with Gasteiger partial charge in [-0.05, 0) is 11.0 Å². The molecular weight excluding hydrogens is 384 g/mol. The molecule has 0 saturated heterocycles. The van der Waals surface area contributed by atoms with Crippen molar-refractivity contribution in [3.05, 3.63) is 29.8 Å². The van der Waals surface area contributed by atoms with Crippen LogP contribution in [0.1, 0.15) is 39.2 Å². The molecule has 0 aliphatic heterocycles. The van der Waals surface area contributed by atoms with Crippen molar-refractivity contribution in [2.75, 3.05) is 18.8 Å². The Morgan fingerprint density at radius 2 is 1.69 bits per heavy atom. The SMILES string of the molecule is Cn1c(SCC(=O)N(CCC#N)CCC#N)nnc1-c1ccc(C(C)(C)C)cc1. The van der Waals surface area contributed by atoms with Crippen molar-refractivity contribution in [1.82, 2.24) is 19.7 Å². The topological polar surface area (TPSA) is 98.6 Å². The molecule has 29 heavy (non-hydrogen) atoms. The van der Waals surface area contributed by atoms with Gasteiger partial charge in [-0.15, -0.1) is 10.2 Å². The number of nitrogens with zero attached hydrogens (tertiary/aromatic N) is 6. The van der Waals surface area contributed by atoms with E-state index < -0.39 is 0 Å². The van der Waals surface area contributed by atoms with Crippen LogP contribution in [0.3, 0.4) is 0 Å². The second kappa shape index (κ2) is 10.1. The fourth-order valence-corrected chi connectivity index (χ4v) is 3.57. The number of hydrogen-bond donors (Lipinski definition) is 0. The Morgan fingerprint density at radius 3 is 2.21 bits per heavy atom. The number of benzene rings is 1. The summed E-state index contributed by atoms with van der Waals surface area (Å²) in [6, 6.07) is 12.3. The maximum atomic E-state index is 12.5. The molecule has 0 fully saturated rings. The third-order valence-corrected chi connectivity index (χ3v) is 5.51. The van der Waals surface area contributed by atoms with Crippen LogP contribution in [0.15, 0.2) is 29.4 Å². The van der Waals surface area contributed by atoms with E-state index in [1.807, 2.05) is 35.9 Å². The molecule has 1 aromatic carbocycles. The molecule has 2 aromatic rings. The highest BCUT2D eigenvalue weighted by Gasteiger charge is 2.18. The van der Waals surface area contributed by atoms with Crippen LogP contribution in [0, 0.1) is 22.7 Å². The maximum Gasteiger partial charge on any atom is 0.233 e. The zero-order chi connectivity index (χ0) is 21.4. The van der Waals surface area contributed by atoms with Crippen molar-refractivity contribution in [1.29, 1.82) is 10.5 Å². The Kier molecular flexibility index (Phi) is 7.81. The number of thioether (sulfide) groups is 1. The van der Waals surface area contributed by atoms with Crippen LogP contribution in [-0.4, -0.2) is 44.4 Å². The molecule has 0 radical (unpaired) electrons. The van der Waals surface area contributed by atoms with E-state index in [-0.39, 0.29) is 29.9 Å². The molecule has 7 nitrogen and oxygen atoms in total. The second-order valence-corrected chi connectivity index (χ2v) is 8.62. The monoisotopic (exact) mass is 410 g/mol. The van der Waals surface area contributed by atoms with Crippen LogP contribution in [0.5, 0.6) is 0 Å². The van der Waals surface area contributed by atoms with Gasteiger partial charge in [-0.25, -0.2) is 0 Å². The van der Waals surface area contributed by atoms with Gasteiger partial charge in [0.05, 0.1) is 30.7 Å². The summed E-state index contributed by atoms with van der Waals surface area (Å²) in [5, 5.41) is 26.7. The van der Waals surface area contributed by atoms with Gasteiger partial charge in [0.15, 0.2) is 11.0 Å². The van der Waals surface area contributed by atoms with Crippen molar-refractivity contribution >= 4 is 17.7 Å². The van der Waals surface area contributed by atoms with Crippen molar-refractivity contribution < 1.29 is 4.79 Å². The van der Waals surface area contributed by atoms with Gasteiger partial charge >= 0.3 is 0 Å². The van der Waals surface area contributed by atoms with E-state index in [0.717, 1.165) is 11.4 Å². The number of nitriles is 2. The van der Waals surface area contributed by atoms with Crippen molar-refractivity contribution in [2.45, 2.75) is 44.2 Å². The summed E-state index contributed by atoms with van der Waals surface area (Å²) < 4.78 is 1.87. The fourth-order valence-electron chi connectivity index (χ4n) is 2.76. The molecular formula is C21H26N6OS. The first-order valence-corrected chi connectivity index (χ1v) is 10.4. The summed E-state index contributed by atoms with van der Waals surface area (Å²) in [6.07, 6.45) is 0.501. The van der Waals surface area contributed by atoms with Crippen LogP contribution < -0.4 is 0 Å². The lowest BCUT2D eigenvalue weighted by atomic mass is 9.87. The number of rotatable bonds is 8. The van der Waals surface area contributed by atoms with Gasteiger partial charge in [-0.2, -0.15) is 10.5 Å². The van der Waals surface area contributed by atoms with Crippen LogP contribution in [-0.2, 0) is 17.3 Å². The summed E-state index contributed by atoms with van der Waals surface area (Å²) in [5.41, 5.74) is 2.30. The normalized spacial score (nSPS) is 11.0. The van der Waals surface area contributed by atoms with Gasteiger partial charge < -0.3 is 9.47 Å². The molecule has 0 aliphatic rings. The number of carbonyl (C=O) groups excluding carboxylic acids is 1. The average Bonchev–Trinajstić information content (AvgIpc) is 3.06. The molecule has 0 bridgehead atoms. The first-order chi connectivity index (χ1) is 13.8. The molecule has 1 amide bonds. The Hall–Kier alpha value is -2.84. The van der Waals surface area contributed by atoms with E-state index in [0.29, 0.717) is 18.2 Å². The molecule has 152 valence electrons. The fraction of sp³-hybridized carbons (Fsp3) is 0.476. The molecule has 0 N–H and O–H groups in total. The number of aromatic nitrogens is 3. The highest BCUT2D eigenvalue weighted by atomic mass is 32.2. The standard InChI is InChI=1S/C21H26N6OS/c1-21(2,3)17-9-7-16(8-10-17)19-24-25-20(26(19)4)29-15-18(28)27(13-5-11-22)14-6-12-23/h7-10H,5-6,13-15H2,1-4H3. The van der Waals surface area contributed by atoms with Crippen LogP contribution >= 0.6 is 11.8 Å². The number of hydrogen-bond acceptors (Lipinski definition) is 6. The lowest BCUT2D eigenvalue weighted by Crippen LogP contribution is -2.34. The van der Waals surface area contributed by atoms with Crippen molar-refractivity contribution in [3.63, 3.8) is 0 Å². The average molecular weight is 411 g/mol. The van der Waals surface area contributed by atoms with Crippen molar-refractivity contribution in [3.8, 4) is 23.5 Å². The van der Waals surface area contributed by atoms with Gasteiger partial charge in [0.2, 0.25) is 5.91 Å². The van der Waals surface area contributed by atoms with E-state index in [1.54, 1.807) is 4.90 Å². The second-order valence-electron chi connectivity index (χ2n) is 7.68. The minimum atomic E-state index is -0.111. The van der Waals surface area contributed by atoms with E-state index in [9.17, 15) is 4.79 Å². The Balaban J connectivity index is 2.06. The smallest absolute Gasteiger partial charge is 0.233 e. The minimum Gasteiger partial charge on any atom is -0.340 e. The zero-order valence-electron chi connectivity index (χ0n) is 17.3. The molecule has 0 saturated carbocycles. The molecule has 2 rings (SSSR count). The van der Waals surface area contributed by atoms with E-state index in [1.165, 1.54) is 17.3 Å². The summed E-state index contributed by atoms with van der Waals surface area (Å²) in [4.78, 5) is 14.0. The molecule has 0 aliphatic carbocycles. The molecule has 0 atom stereocenters. The number of carbonyl (C=O) groups is 1. The van der Waals surface area contributed by atoms with Gasteiger partial charge in [0, 0.05) is 25.7 Å². The third-order valence-electron chi connectivity index (χ3n) is 4.51. The van der Waals surface area contributed by atoms with E-state index in [2.05, 4.69) is 43.1 Å². The molecule has 1 aromatic heterocycles. The lowest BCUT2D eigenvalue weighted by Gasteiger charge is -2.20. The highest BCUT2D eigenvalue weighted by molar-refractivity contribution is 7.99. The summed E-state index contributed by atoms with van der Waals surface area (Å²) >= 11 is 1.31. The Labute approximate surface area is 176 Å². The Bertz CT molecular complexity index is 897. The van der Waals surface area contributed by atoms with E-state index in [4.69, 9.17) is 10.5 Å². The molecule has 1 heterocycles. The maximum absolute atomic E-state index is 12.5. The lowest BCUT2D eigenvalue weighted by molar-refractivity contribution is -0.128. The largest absolute Gasteiger partial charge is 0.340 e. The molecule has 0 spiro atoms. The highest BCUT2D eigenvalue weighted by Crippen LogP contribution is 2.27.